The standard InChI is InChI=1S/C10H13N3/c1-3-8(7-12-2)10-6-9(11)4-5-13-10/h3-7H,1-2H3,(H2,11,13)/b8-3+,12-7-. The second-order valence-corrected chi connectivity index (χ2v) is 2.61. The number of rotatable bonds is 2. The fraction of sp³-hybridized carbons (Fsp3) is 0.200. The molecule has 0 fully saturated rings. The molecule has 3 heteroatoms. The second kappa shape index (κ2) is 4.40. The van der Waals surface area contributed by atoms with E-state index in [2.05, 4.69) is 9.98 Å². The number of hydrogen-bond acceptors (Lipinski definition) is 3. The van der Waals surface area contributed by atoms with Crippen molar-refractivity contribution in [2.75, 3.05) is 12.8 Å². The molecule has 0 aromatic carbocycles. The smallest absolute Gasteiger partial charge is 0.0734 e. The van der Waals surface area contributed by atoms with Gasteiger partial charge in [-0.25, -0.2) is 0 Å². The first-order valence-electron chi connectivity index (χ1n) is 4.08. The van der Waals surface area contributed by atoms with Gasteiger partial charge in [0.25, 0.3) is 0 Å². The number of allylic oxidation sites excluding steroid dienone is 2. The van der Waals surface area contributed by atoms with E-state index in [1.807, 2.05) is 19.1 Å². The lowest BCUT2D eigenvalue weighted by atomic mass is 10.1. The van der Waals surface area contributed by atoms with Gasteiger partial charge in [-0.1, -0.05) is 6.08 Å². The summed E-state index contributed by atoms with van der Waals surface area (Å²) < 4.78 is 0. The molecular weight excluding hydrogens is 162 g/mol. The maximum Gasteiger partial charge on any atom is 0.0734 e. The third-order valence-electron chi connectivity index (χ3n) is 1.66. The highest BCUT2D eigenvalue weighted by Crippen LogP contribution is 2.11. The molecule has 1 rings (SSSR count). The molecule has 0 unspecified atom stereocenters. The van der Waals surface area contributed by atoms with Crippen LogP contribution >= 0.6 is 0 Å². The molecule has 0 spiro atoms. The monoisotopic (exact) mass is 175 g/mol. The fourth-order valence-corrected chi connectivity index (χ4v) is 1.03. The van der Waals surface area contributed by atoms with E-state index in [-0.39, 0.29) is 0 Å². The van der Waals surface area contributed by atoms with E-state index in [4.69, 9.17) is 5.73 Å². The van der Waals surface area contributed by atoms with E-state index in [0.29, 0.717) is 5.69 Å². The van der Waals surface area contributed by atoms with Crippen LogP contribution in [0.4, 0.5) is 5.69 Å². The molecular formula is C10H13N3. The highest BCUT2D eigenvalue weighted by Gasteiger charge is 1.98. The minimum atomic E-state index is 0.717. The molecule has 0 aliphatic carbocycles. The van der Waals surface area contributed by atoms with Gasteiger partial charge in [0.05, 0.1) is 5.69 Å². The molecule has 0 amide bonds. The van der Waals surface area contributed by atoms with Crippen LogP contribution in [0.5, 0.6) is 0 Å². The third kappa shape index (κ3) is 2.40. The number of anilines is 1. The van der Waals surface area contributed by atoms with Gasteiger partial charge >= 0.3 is 0 Å². The maximum absolute atomic E-state index is 5.64. The fourth-order valence-electron chi connectivity index (χ4n) is 1.03. The summed E-state index contributed by atoms with van der Waals surface area (Å²) in [4.78, 5) is 8.13. The second-order valence-electron chi connectivity index (χ2n) is 2.61. The summed E-state index contributed by atoms with van der Waals surface area (Å²) in [6.45, 7) is 1.95. The molecule has 1 heterocycles. The number of nitrogens with zero attached hydrogens (tertiary/aromatic N) is 2. The zero-order chi connectivity index (χ0) is 9.68. The van der Waals surface area contributed by atoms with Crippen LogP contribution in [0.3, 0.4) is 0 Å². The van der Waals surface area contributed by atoms with Crippen LogP contribution in [0.1, 0.15) is 12.6 Å². The third-order valence-corrected chi connectivity index (χ3v) is 1.66. The van der Waals surface area contributed by atoms with E-state index < -0.39 is 0 Å². The van der Waals surface area contributed by atoms with Crippen LogP contribution in [0, 0.1) is 0 Å². The van der Waals surface area contributed by atoms with Crippen molar-refractivity contribution in [2.45, 2.75) is 6.92 Å². The molecule has 0 atom stereocenters. The van der Waals surface area contributed by atoms with Gasteiger partial charge in [0.1, 0.15) is 0 Å². The van der Waals surface area contributed by atoms with Crippen LogP contribution < -0.4 is 5.73 Å². The van der Waals surface area contributed by atoms with Gasteiger partial charge < -0.3 is 5.73 Å². The van der Waals surface area contributed by atoms with Crippen molar-refractivity contribution in [2.24, 2.45) is 4.99 Å². The Balaban J connectivity index is 3.06. The molecule has 0 bridgehead atoms. The van der Waals surface area contributed by atoms with Crippen molar-refractivity contribution >= 4 is 17.5 Å². The molecule has 68 valence electrons. The average molecular weight is 175 g/mol. The van der Waals surface area contributed by atoms with Crippen LogP contribution in [0.15, 0.2) is 29.4 Å². The summed E-state index contributed by atoms with van der Waals surface area (Å²) in [5.74, 6) is 0. The Morgan fingerprint density at radius 2 is 2.38 bits per heavy atom. The lowest BCUT2D eigenvalue weighted by molar-refractivity contribution is 1.29. The highest BCUT2D eigenvalue weighted by molar-refractivity contribution is 6.08. The topological polar surface area (TPSA) is 51.3 Å². The minimum Gasteiger partial charge on any atom is -0.399 e. The molecule has 1 aromatic heterocycles. The van der Waals surface area contributed by atoms with Crippen molar-refractivity contribution in [1.82, 2.24) is 4.98 Å². The van der Waals surface area contributed by atoms with E-state index in [9.17, 15) is 0 Å². The Bertz CT molecular complexity index is 340. The van der Waals surface area contributed by atoms with E-state index >= 15 is 0 Å². The summed E-state index contributed by atoms with van der Waals surface area (Å²) in [7, 11) is 1.73. The first kappa shape index (κ1) is 9.45. The molecule has 13 heavy (non-hydrogen) atoms. The molecule has 3 nitrogen and oxygen atoms in total. The molecule has 0 aliphatic heterocycles. The van der Waals surface area contributed by atoms with Crippen molar-refractivity contribution in [3.05, 3.63) is 30.1 Å². The highest BCUT2D eigenvalue weighted by atomic mass is 14.7. The molecule has 0 radical (unpaired) electrons. The molecule has 2 N–H and O–H groups in total. The summed E-state index contributed by atoms with van der Waals surface area (Å²) >= 11 is 0. The number of nitrogen functional groups attached to an aromatic ring is 1. The molecule has 1 aromatic rings. The first-order chi connectivity index (χ1) is 6.27. The Kier molecular flexibility index (Phi) is 3.20. The van der Waals surface area contributed by atoms with E-state index in [0.717, 1.165) is 11.3 Å². The van der Waals surface area contributed by atoms with Gasteiger partial charge in [-0.3, -0.25) is 9.98 Å². The molecule has 0 saturated carbocycles. The maximum atomic E-state index is 5.64. The Morgan fingerprint density at radius 1 is 1.62 bits per heavy atom. The Labute approximate surface area is 78.0 Å². The van der Waals surface area contributed by atoms with Crippen LogP contribution in [0.2, 0.25) is 0 Å². The van der Waals surface area contributed by atoms with Crippen LogP contribution in [-0.2, 0) is 0 Å². The lowest BCUT2D eigenvalue weighted by Gasteiger charge is -2.00. The quantitative estimate of drug-likeness (QED) is 0.696. The average Bonchev–Trinajstić information content (AvgIpc) is 2.14. The lowest BCUT2D eigenvalue weighted by Crippen LogP contribution is -1.93. The predicted octanol–water partition coefficient (Wildman–Crippen LogP) is 1.77. The summed E-state index contributed by atoms with van der Waals surface area (Å²) in [5.41, 5.74) is 8.19. The van der Waals surface area contributed by atoms with E-state index in [1.165, 1.54) is 0 Å². The first-order valence-corrected chi connectivity index (χ1v) is 4.08. The van der Waals surface area contributed by atoms with Crippen molar-refractivity contribution in [3.8, 4) is 0 Å². The van der Waals surface area contributed by atoms with Gasteiger partial charge in [-0.05, 0) is 19.1 Å². The summed E-state index contributed by atoms with van der Waals surface area (Å²) in [6, 6.07) is 3.59. The van der Waals surface area contributed by atoms with Crippen LogP contribution in [-0.4, -0.2) is 18.2 Å². The van der Waals surface area contributed by atoms with Gasteiger partial charge in [0.15, 0.2) is 0 Å². The number of nitrogens with two attached hydrogens (primary N) is 1. The number of aliphatic imine (C=N–C) groups is 1. The molecule has 0 aliphatic rings. The summed E-state index contributed by atoms with van der Waals surface area (Å²) in [5, 5.41) is 0. The molecule has 0 saturated heterocycles. The minimum absolute atomic E-state index is 0.717. The van der Waals surface area contributed by atoms with Gasteiger partial charge in [0, 0.05) is 30.7 Å². The van der Waals surface area contributed by atoms with Gasteiger partial charge in [-0.2, -0.15) is 0 Å². The number of pyridine rings is 1. The van der Waals surface area contributed by atoms with E-state index in [1.54, 1.807) is 25.5 Å². The number of aromatic nitrogens is 1. The SMILES string of the molecule is C/C=C(\C=N/C)c1cc(N)ccn1. The summed E-state index contributed by atoms with van der Waals surface area (Å²) in [6.07, 6.45) is 5.41. The van der Waals surface area contributed by atoms with Crippen LogP contribution in [0.25, 0.3) is 5.57 Å². The Morgan fingerprint density at radius 3 is 2.92 bits per heavy atom. The predicted molar refractivity (Wildman–Crippen MR) is 56.7 cm³/mol. The zero-order valence-corrected chi connectivity index (χ0v) is 7.86. The largest absolute Gasteiger partial charge is 0.399 e. The van der Waals surface area contributed by atoms with Crippen molar-refractivity contribution in [3.63, 3.8) is 0 Å². The zero-order valence-electron chi connectivity index (χ0n) is 7.86. The normalized spacial score (nSPS) is 12.3. The van der Waals surface area contributed by atoms with Gasteiger partial charge in [-0.15, -0.1) is 0 Å². The van der Waals surface area contributed by atoms with Gasteiger partial charge in [0.2, 0.25) is 0 Å². The van der Waals surface area contributed by atoms with Crippen molar-refractivity contribution < 1.29 is 0 Å². The number of hydrogen-bond donors (Lipinski definition) is 1. The van der Waals surface area contributed by atoms with Crippen molar-refractivity contribution in [1.29, 1.82) is 0 Å². The Hall–Kier alpha value is -1.64.